The Kier molecular flexibility index (Phi) is 6.92. The van der Waals surface area contributed by atoms with Gasteiger partial charge < -0.3 is 9.80 Å². The van der Waals surface area contributed by atoms with Gasteiger partial charge in [-0.3, -0.25) is 9.59 Å². The van der Waals surface area contributed by atoms with Crippen molar-refractivity contribution in [2.75, 3.05) is 26.2 Å². The van der Waals surface area contributed by atoms with Crippen LogP contribution in [0.2, 0.25) is 0 Å². The molecule has 1 aromatic rings. The number of amides is 2. The molecule has 0 radical (unpaired) electrons. The van der Waals surface area contributed by atoms with E-state index in [-0.39, 0.29) is 11.8 Å². The fraction of sp³-hybridized carbons (Fsp3) is 0.652. The van der Waals surface area contributed by atoms with Gasteiger partial charge in [-0.05, 0) is 42.2 Å². The fourth-order valence-corrected chi connectivity index (χ4v) is 4.35. The highest BCUT2D eigenvalue weighted by Crippen LogP contribution is 2.28. The van der Waals surface area contributed by atoms with Gasteiger partial charge in [0.15, 0.2) is 0 Å². The maximum Gasteiger partial charge on any atom is 0.227 e. The van der Waals surface area contributed by atoms with Crippen molar-refractivity contribution in [3.05, 3.63) is 35.4 Å². The first kappa shape index (κ1) is 19.9. The van der Waals surface area contributed by atoms with Crippen LogP contribution in [-0.2, 0) is 22.4 Å². The van der Waals surface area contributed by atoms with Crippen LogP contribution in [0.15, 0.2) is 24.3 Å². The quantitative estimate of drug-likeness (QED) is 0.766. The minimum Gasteiger partial charge on any atom is -0.339 e. The molecule has 2 aliphatic rings. The minimum absolute atomic E-state index is 0.175. The number of piperazine rings is 1. The Morgan fingerprint density at radius 3 is 1.96 bits per heavy atom. The average molecular weight is 371 g/mol. The van der Waals surface area contributed by atoms with Crippen LogP contribution in [0.25, 0.3) is 0 Å². The molecule has 0 atom stereocenters. The van der Waals surface area contributed by atoms with Gasteiger partial charge in [0.1, 0.15) is 0 Å². The zero-order valence-electron chi connectivity index (χ0n) is 17.0. The van der Waals surface area contributed by atoms with E-state index in [2.05, 4.69) is 38.1 Å². The summed E-state index contributed by atoms with van der Waals surface area (Å²) in [6.07, 6.45) is 7.21. The third kappa shape index (κ3) is 5.82. The SMILES string of the molecule is CC(C)Cc1ccc(CC(=O)N2CCN(C(=O)CC3CCCC3)CC2)cc1. The van der Waals surface area contributed by atoms with Crippen molar-refractivity contribution in [2.24, 2.45) is 11.8 Å². The van der Waals surface area contributed by atoms with Crippen molar-refractivity contribution in [2.45, 2.75) is 58.8 Å². The summed E-state index contributed by atoms with van der Waals surface area (Å²) >= 11 is 0. The third-order valence-electron chi connectivity index (χ3n) is 5.95. The molecule has 1 aliphatic carbocycles. The topological polar surface area (TPSA) is 40.6 Å². The molecule has 1 aliphatic heterocycles. The van der Waals surface area contributed by atoms with Crippen molar-refractivity contribution in [3.63, 3.8) is 0 Å². The van der Waals surface area contributed by atoms with Crippen molar-refractivity contribution in [1.82, 2.24) is 9.80 Å². The first-order valence-electron chi connectivity index (χ1n) is 10.6. The minimum atomic E-state index is 0.175. The Labute approximate surface area is 163 Å². The summed E-state index contributed by atoms with van der Waals surface area (Å²) < 4.78 is 0. The molecule has 0 aromatic heterocycles. The predicted molar refractivity (Wildman–Crippen MR) is 108 cm³/mol. The van der Waals surface area contributed by atoms with Gasteiger partial charge in [0, 0.05) is 32.6 Å². The summed E-state index contributed by atoms with van der Waals surface area (Å²) in [6, 6.07) is 8.44. The molecule has 1 saturated carbocycles. The smallest absolute Gasteiger partial charge is 0.227 e. The lowest BCUT2D eigenvalue weighted by atomic mass is 10.0. The van der Waals surface area contributed by atoms with Gasteiger partial charge in [-0.1, -0.05) is 51.0 Å². The molecule has 0 spiro atoms. The second-order valence-corrected chi connectivity index (χ2v) is 8.71. The highest BCUT2D eigenvalue weighted by molar-refractivity contribution is 5.80. The summed E-state index contributed by atoms with van der Waals surface area (Å²) in [5, 5.41) is 0. The molecule has 27 heavy (non-hydrogen) atoms. The summed E-state index contributed by atoms with van der Waals surface area (Å²) in [5.41, 5.74) is 2.41. The van der Waals surface area contributed by atoms with Gasteiger partial charge in [-0.2, -0.15) is 0 Å². The van der Waals surface area contributed by atoms with Crippen molar-refractivity contribution in [1.29, 1.82) is 0 Å². The van der Waals surface area contributed by atoms with E-state index in [1.54, 1.807) is 0 Å². The second-order valence-electron chi connectivity index (χ2n) is 8.71. The summed E-state index contributed by atoms with van der Waals surface area (Å²) in [6.45, 7) is 7.14. The Bertz CT molecular complexity index is 624. The van der Waals surface area contributed by atoms with Crippen molar-refractivity contribution >= 4 is 11.8 Å². The van der Waals surface area contributed by atoms with Crippen LogP contribution in [-0.4, -0.2) is 47.8 Å². The van der Waals surface area contributed by atoms with Crippen LogP contribution >= 0.6 is 0 Å². The molecule has 148 valence electrons. The van der Waals surface area contributed by atoms with E-state index in [4.69, 9.17) is 0 Å². The molecule has 2 amide bonds. The molecule has 1 heterocycles. The van der Waals surface area contributed by atoms with Gasteiger partial charge >= 0.3 is 0 Å². The number of nitrogens with zero attached hydrogens (tertiary/aromatic N) is 2. The lowest BCUT2D eigenvalue weighted by molar-refractivity contribution is -0.139. The van der Waals surface area contributed by atoms with E-state index in [9.17, 15) is 9.59 Å². The summed E-state index contributed by atoms with van der Waals surface area (Å²) in [7, 11) is 0. The van der Waals surface area contributed by atoms with Crippen LogP contribution in [0, 0.1) is 11.8 Å². The summed E-state index contributed by atoms with van der Waals surface area (Å²) in [5.74, 6) is 1.70. The lowest BCUT2D eigenvalue weighted by Gasteiger charge is -2.35. The van der Waals surface area contributed by atoms with Crippen LogP contribution in [0.3, 0.4) is 0 Å². The van der Waals surface area contributed by atoms with Gasteiger partial charge in [0.2, 0.25) is 11.8 Å². The van der Waals surface area contributed by atoms with Crippen LogP contribution in [0.1, 0.15) is 57.1 Å². The largest absolute Gasteiger partial charge is 0.339 e. The highest BCUT2D eigenvalue weighted by Gasteiger charge is 2.26. The number of rotatable bonds is 6. The van der Waals surface area contributed by atoms with Crippen molar-refractivity contribution < 1.29 is 9.59 Å². The van der Waals surface area contributed by atoms with E-state index in [0.29, 0.717) is 50.9 Å². The van der Waals surface area contributed by atoms with E-state index in [0.717, 1.165) is 12.0 Å². The van der Waals surface area contributed by atoms with E-state index >= 15 is 0 Å². The molecule has 4 nitrogen and oxygen atoms in total. The van der Waals surface area contributed by atoms with Crippen LogP contribution in [0.5, 0.6) is 0 Å². The number of carbonyl (C=O) groups excluding carboxylic acids is 2. The zero-order valence-corrected chi connectivity index (χ0v) is 17.0. The molecule has 3 rings (SSSR count). The molecule has 1 saturated heterocycles. The molecule has 1 aromatic carbocycles. The monoisotopic (exact) mass is 370 g/mol. The van der Waals surface area contributed by atoms with Crippen LogP contribution < -0.4 is 0 Å². The van der Waals surface area contributed by atoms with Gasteiger partial charge in [0.25, 0.3) is 0 Å². The van der Waals surface area contributed by atoms with E-state index in [1.165, 1.54) is 31.2 Å². The maximum atomic E-state index is 12.6. The average Bonchev–Trinajstić information content (AvgIpc) is 3.16. The van der Waals surface area contributed by atoms with E-state index in [1.807, 2.05) is 9.80 Å². The number of benzene rings is 1. The normalized spacial score (nSPS) is 18.3. The zero-order chi connectivity index (χ0) is 19.2. The van der Waals surface area contributed by atoms with Gasteiger partial charge in [-0.25, -0.2) is 0 Å². The molecule has 0 bridgehead atoms. The lowest BCUT2D eigenvalue weighted by Crippen LogP contribution is -2.51. The van der Waals surface area contributed by atoms with Crippen molar-refractivity contribution in [3.8, 4) is 0 Å². The number of hydrogen-bond donors (Lipinski definition) is 0. The summed E-state index contributed by atoms with van der Waals surface area (Å²) in [4.78, 5) is 28.9. The molecular weight excluding hydrogens is 336 g/mol. The highest BCUT2D eigenvalue weighted by atomic mass is 16.2. The number of hydrogen-bond acceptors (Lipinski definition) is 2. The van der Waals surface area contributed by atoms with Gasteiger partial charge in [-0.15, -0.1) is 0 Å². The van der Waals surface area contributed by atoms with Gasteiger partial charge in [0.05, 0.1) is 6.42 Å². The van der Waals surface area contributed by atoms with Crippen LogP contribution in [0.4, 0.5) is 0 Å². The maximum absolute atomic E-state index is 12.6. The Morgan fingerprint density at radius 2 is 1.41 bits per heavy atom. The Morgan fingerprint density at radius 1 is 0.889 bits per heavy atom. The standard InChI is InChI=1S/C23H34N2O2/c1-18(2)15-20-7-9-21(10-8-20)17-23(27)25-13-11-24(12-14-25)22(26)16-19-5-3-4-6-19/h7-10,18-19H,3-6,11-17H2,1-2H3. The second kappa shape index (κ2) is 9.38. The predicted octanol–water partition coefficient (Wildman–Crippen LogP) is 3.68. The first-order chi connectivity index (χ1) is 13.0. The molecular formula is C23H34N2O2. The number of carbonyl (C=O) groups is 2. The molecule has 2 fully saturated rings. The molecule has 4 heteroatoms. The van der Waals surface area contributed by atoms with E-state index < -0.39 is 0 Å². The fourth-order valence-electron chi connectivity index (χ4n) is 4.35. The Hall–Kier alpha value is -1.84. The molecule has 0 N–H and O–H groups in total. The first-order valence-corrected chi connectivity index (χ1v) is 10.6. The third-order valence-corrected chi connectivity index (χ3v) is 5.95. The Balaban J connectivity index is 1.43. The molecule has 0 unspecified atom stereocenters.